The number of rotatable bonds is 1. The van der Waals surface area contributed by atoms with Crippen molar-refractivity contribution >= 4 is 23.4 Å². The van der Waals surface area contributed by atoms with Crippen LogP contribution in [0, 0.1) is 24.1 Å². The maximum atomic E-state index is 14.0. The number of anilines is 2. The lowest BCUT2D eigenvalue weighted by molar-refractivity contribution is 0.630. The van der Waals surface area contributed by atoms with E-state index in [0.717, 1.165) is 0 Å². The third-order valence-corrected chi connectivity index (χ3v) is 3.07. The van der Waals surface area contributed by atoms with Crippen molar-refractivity contribution in [3.63, 3.8) is 0 Å². The van der Waals surface area contributed by atoms with Crippen molar-refractivity contribution in [2.75, 3.05) is 11.5 Å². The number of benzene rings is 1. The predicted octanol–water partition coefficient (Wildman–Crippen LogP) is 2.28. The van der Waals surface area contributed by atoms with Gasteiger partial charge in [0.1, 0.15) is 29.0 Å². The molecule has 0 bridgehead atoms. The van der Waals surface area contributed by atoms with Gasteiger partial charge in [-0.2, -0.15) is 10.2 Å². The van der Waals surface area contributed by atoms with Gasteiger partial charge >= 0.3 is 0 Å². The van der Waals surface area contributed by atoms with Crippen molar-refractivity contribution in [2.45, 2.75) is 6.92 Å². The van der Waals surface area contributed by atoms with Crippen LogP contribution in [-0.2, 0) is 0 Å². The van der Waals surface area contributed by atoms with Gasteiger partial charge in [0.15, 0.2) is 0 Å². The van der Waals surface area contributed by atoms with Crippen LogP contribution < -0.4 is 11.5 Å². The maximum absolute atomic E-state index is 14.0. The van der Waals surface area contributed by atoms with Gasteiger partial charge in [0.25, 0.3) is 0 Å². The van der Waals surface area contributed by atoms with Crippen LogP contribution in [0.3, 0.4) is 0 Å². The van der Waals surface area contributed by atoms with E-state index in [1.54, 1.807) is 6.92 Å². The number of nitriles is 1. The van der Waals surface area contributed by atoms with Gasteiger partial charge in [-0.05, 0) is 18.6 Å². The molecule has 0 atom stereocenters. The van der Waals surface area contributed by atoms with Crippen LogP contribution >= 0.6 is 11.6 Å². The van der Waals surface area contributed by atoms with Crippen LogP contribution in [0.1, 0.15) is 11.1 Å². The molecule has 96 valence electrons. The highest BCUT2D eigenvalue weighted by atomic mass is 35.5. The molecule has 0 radical (unpaired) electrons. The summed E-state index contributed by atoms with van der Waals surface area (Å²) < 4.78 is 14.0. The Bertz CT molecular complexity index is 708. The minimum atomic E-state index is -0.607. The number of halogens is 2. The molecule has 0 saturated heterocycles. The first-order valence-corrected chi connectivity index (χ1v) is 5.61. The monoisotopic (exact) mass is 277 g/mol. The summed E-state index contributed by atoms with van der Waals surface area (Å²) in [5, 5.41) is 9.25. The van der Waals surface area contributed by atoms with Gasteiger partial charge in [-0.1, -0.05) is 17.7 Å². The van der Waals surface area contributed by atoms with Crippen molar-refractivity contribution in [1.29, 1.82) is 5.26 Å². The molecule has 4 N–H and O–H groups in total. The van der Waals surface area contributed by atoms with Crippen molar-refractivity contribution in [2.24, 2.45) is 0 Å². The Kier molecular flexibility index (Phi) is 3.23. The molecule has 1 aromatic heterocycles. The molecule has 2 rings (SSSR count). The quantitative estimate of drug-likeness (QED) is 0.832. The van der Waals surface area contributed by atoms with Gasteiger partial charge < -0.3 is 11.5 Å². The van der Waals surface area contributed by atoms with Crippen molar-refractivity contribution in [3.05, 3.63) is 34.1 Å². The minimum Gasteiger partial charge on any atom is -0.382 e. The summed E-state index contributed by atoms with van der Waals surface area (Å²) in [5.74, 6) is -0.866. The summed E-state index contributed by atoms with van der Waals surface area (Å²) in [6.45, 7) is 1.71. The van der Waals surface area contributed by atoms with Gasteiger partial charge in [-0.15, -0.1) is 0 Å². The fraction of sp³-hybridized carbons (Fsp3) is 0.0833. The van der Waals surface area contributed by atoms with Crippen molar-refractivity contribution in [3.8, 4) is 17.3 Å². The normalized spacial score (nSPS) is 10.2. The van der Waals surface area contributed by atoms with E-state index in [0.29, 0.717) is 5.56 Å². The van der Waals surface area contributed by atoms with Crippen LogP contribution in [0.25, 0.3) is 11.3 Å². The number of aromatic nitrogens is 2. The van der Waals surface area contributed by atoms with Gasteiger partial charge in [0, 0.05) is 0 Å². The highest BCUT2D eigenvalue weighted by molar-refractivity contribution is 6.34. The largest absolute Gasteiger partial charge is 0.382 e. The molecule has 0 aliphatic rings. The summed E-state index contributed by atoms with van der Waals surface area (Å²) in [6, 6.07) is 4.60. The fourth-order valence-electron chi connectivity index (χ4n) is 1.66. The van der Waals surface area contributed by atoms with Crippen LogP contribution in [0.2, 0.25) is 5.02 Å². The molecule has 7 heteroatoms. The molecular weight excluding hydrogens is 269 g/mol. The Balaban J connectivity index is 2.87. The summed E-state index contributed by atoms with van der Waals surface area (Å²) in [7, 11) is 0. The summed E-state index contributed by atoms with van der Waals surface area (Å²) in [6.07, 6.45) is 0. The number of hydrogen-bond acceptors (Lipinski definition) is 5. The molecule has 1 aromatic carbocycles. The maximum Gasteiger partial charge on any atom is 0.222 e. The van der Waals surface area contributed by atoms with E-state index in [1.165, 1.54) is 12.1 Å². The second-order valence-corrected chi connectivity index (χ2v) is 4.23. The van der Waals surface area contributed by atoms with Gasteiger partial charge in [-0.25, -0.2) is 9.37 Å². The minimum absolute atomic E-state index is 0.000910. The first-order valence-electron chi connectivity index (χ1n) is 5.23. The molecule has 0 aliphatic carbocycles. The predicted molar refractivity (Wildman–Crippen MR) is 70.7 cm³/mol. The lowest BCUT2D eigenvalue weighted by Gasteiger charge is -2.10. The number of nitrogens with zero attached hydrogens (tertiary/aromatic N) is 3. The van der Waals surface area contributed by atoms with Gasteiger partial charge in [0.05, 0.1) is 10.6 Å². The molecule has 0 amide bonds. The second-order valence-electron chi connectivity index (χ2n) is 3.86. The topological polar surface area (TPSA) is 102 Å². The van der Waals surface area contributed by atoms with Crippen LogP contribution in [-0.4, -0.2) is 9.97 Å². The van der Waals surface area contributed by atoms with Crippen LogP contribution in [0.4, 0.5) is 16.2 Å². The van der Waals surface area contributed by atoms with Crippen LogP contribution in [0.15, 0.2) is 12.1 Å². The number of nitrogens with two attached hydrogens (primary N) is 2. The first-order chi connectivity index (χ1) is 8.95. The van der Waals surface area contributed by atoms with E-state index in [2.05, 4.69) is 9.97 Å². The Hall–Kier alpha value is -2.39. The summed E-state index contributed by atoms with van der Waals surface area (Å²) in [5.41, 5.74) is 11.7. The zero-order chi connectivity index (χ0) is 14.2. The molecule has 0 aliphatic heterocycles. The van der Waals surface area contributed by atoms with Gasteiger partial charge in [-0.3, -0.25) is 0 Å². The van der Waals surface area contributed by atoms with E-state index in [9.17, 15) is 4.39 Å². The Labute approximate surface area is 113 Å². The first kappa shape index (κ1) is 13.1. The fourth-order valence-corrected chi connectivity index (χ4v) is 1.90. The van der Waals surface area contributed by atoms with Crippen molar-refractivity contribution < 1.29 is 4.39 Å². The number of aryl methyl sites for hydroxylation is 1. The Morgan fingerprint density at radius 2 is 2.00 bits per heavy atom. The zero-order valence-electron chi connectivity index (χ0n) is 9.91. The third kappa shape index (κ3) is 2.16. The Morgan fingerprint density at radius 3 is 2.63 bits per heavy atom. The molecule has 2 aromatic rings. The number of hydrogen-bond donors (Lipinski definition) is 2. The van der Waals surface area contributed by atoms with E-state index in [4.69, 9.17) is 28.3 Å². The van der Waals surface area contributed by atoms with E-state index >= 15 is 0 Å². The smallest absolute Gasteiger partial charge is 0.222 e. The standard InChI is InChI=1S/C12H9ClFN5/c1-5-2-3-7(14)8(9(5)13)10-6(4-15)11(16)19-12(17)18-10/h2-3H,1H3,(H4,16,17,18,19). The van der Waals surface area contributed by atoms with Crippen molar-refractivity contribution in [1.82, 2.24) is 9.97 Å². The molecule has 0 spiro atoms. The van der Waals surface area contributed by atoms with E-state index < -0.39 is 5.82 Å². The van der Waals surface area contributed by atoms with Gasteiger partial charge in [0.2, 0.25) is 5.95 Å². The number of nitrogen functional groups attached to an aromatic ring is 2. The van der Waals surface area contributed by atoms with Crippen LogP contribution in [0.5, 0.6) is 0 Å². The summed E-state index contributed by atoms with van der Waals surface area (Å²) >= 11 is 6.08. The van der Waals surface area contributed by atoms with E-state index in [1.807, 2.05) is 6.07 Å². The lowest BCUT2D eigenvalue weighted by atomic mass is 10.0. The summed E-state index contributed by atoms with van der Waals surface area (Å²) in [4.78, 5) is 7.55. The highest BCUT2D eigenvalue weighted by Gasteiger charge is 2.20. The molecule has 0 unspecified atom stereocenters. The molecule has 1 heterocycles. The average molecular weight is 278 g/mol. The molecule has 0 saturated carbocycles. The molecule has 19 heavy (non-hydrogen) atoms. The molecule has 5 nitrogen and oxygen atoms in total. The molecule has 0 fully saturated rings. The molecular formula is C12H9ClFN5. The zero-order valence-corrected chi connectivity index (χ0v) is 10.7. The average Bonchev–Trinajstić information content (AvgIpc) is 2.34. The third-order valence-electron chi connectivity index (χ3n) is 2.59. The SMILES string of the molecule is Cc1ccc(F)c(-c2nc(N)nc(N)c2C#N)c1Cl. The second kappa shape index (κ2) is 4.71. The Morgan fingerprint density at radius 1 is 1.32 bits per heavy atom. The lowest BCUT2D eigenvalue weighted by Crippen LogP contribution is -2.06. The van der Waals surface area contributed by atoms with E-state index in [-0.39, 0.29) is 33.6 Å². The highest BCUT2D eigenvalue weighted by Crippen LogP contribution is 2.35.